The van der Waals surface area contributed by atoms with E-state index in [4.69, 9.17) is 0 Å². The predicted molar refractivity (Wildman–Crippen MR) is 60.3 cm³/mol. The van der Waals surface area contributed by atoms with Crippen molar-refractivity contribution in [3.63, 3.8) is 0 Å². The largest absolute Gasteiger partial charge is 0.268 e. The highest BCUT2D eigenvalue weighted by Gasteiger charge is 2.34. The van der Waals surface area contributed by atoms with E-state index in [0.717, 1.165) is 4.31 Å². The van der Waals surface area contributed by atoms with Crippen molar-refractivity contribution in [3.05, 3.63) is 48.0 Å². The fourth-order valence-electron chi connectivity index (χ4n) is 1.70. The number of benzene rings is 1. The van der Waals surface area contributed by atoms with Gasteiger partial charge in [-0.1, -0.05) is 24.3 Å². The molecular weight excluding hydrogens is 226 g/mol. The normalized spacial score (nSPS) is 18.0. The summed E-state index contributed by atoms with van der Waals surface area (Å²) >= 11 is 0. The van der Waals surface area contributed by atoms with Gasteiger partial charge in [0, 0.05) is 5.56 Å². The molecule has 1 amide bonds. The van der Waals surface area contributed by atoms with Gasteiger partial charge < -0.3 is 0 Å². The molecule has 0 unspecified atom stereocenters. The third-order valence-electron chi connectivity index (χ3n) is 2.44. The molecular formula is C11H11NO3S. The number of sulfonamides is 1. The minimum Gasteiger partial charge on any atom is -0.268 e. The van der Waals surface area contributed by atoms with Gasteiger partial charge in [-0.25, -0.2) is 12.7 Å². The number of nitrogens with zero attached hydrogens (tertiary/aromatic N) is 1. The molecule has 84 valence electrons. The van der Waals surface area contributed by atoms with Gasteiger partial charge in [-0.2, -0.15) is 0 Å². The second-order valence-corrected chi connectivity index (χ2v) is 5.43. The predicted octanol–water partition coefficient (Wildman–Crippen LogP) is 1.16. The Morgan fingerprint density at radius 2 is 2.06 bits per heavy atom. The van der Waals surface area contributed by atoms with E-state index in [2.05, 4.69) is 6.58 Å². The summed E-state index contributed by atoms with van der Waals surface area (Å²) in [6.45, 7) is 3.48. The summed E-state index contributed by atoms with van der Waals surface area (Å²) in [5.41, 5.74) is 1.02. The molecule has 0 bridgehead atoms. The maximum Gasteiger partial charge on any atom is 0.267 e. The van der Waals surface area contributed by atoms with Crippen LogP contribution in [-0.2, 0) is 15.8 Å². The van der Waals surface area contributed by atoms with Crippen LogP contribution in [0, 0.1) is 0 Å². The van der Waals surface area contributed by atoms with Crippen molar-refractivity contribution >= 4 is 15.9 Å². The van der Waals surface area contributed by atoms with Crippen LogP contribution in [0.25, 0.3) is 0 Å². The lowest BCUT2D eigenvalue weighted by Gasteiger charge is -2.26. The van der Waals surface area contributed by atoms with E-state index < -0.39 is 15.9 Å². The monoisotopic (exact) mass is 237 g/mol. The van der Waals surface area contributed by atoms with Gasteiger partial charge in [-0.05, 0) is 11.6 Å². The Morgan fingerprint density at radius 1 is 1.38 bits per heavy atom. The lowest BCUT2D eigenvalue weighted by molar-refractivity contribution is 0.0866. The summed E-state index contributed by atoms with van der Waals surface area (Å²) in [5, 5.41) is 0. The van der Waals surface area contributed by atoms with Gasteiger partial charge in [0.05, 0.1) is 12.3 Å². The average Bonchev–Trinajstić information content (AvgIpc) is 2.23. The van der Waals surface area contributed by atoms with Crippen LogP contribution in [0.5, 0.6) is 0 Å². The maximum absolute atomic E-state index is 11.9. The van der Waals surface area contributed by atoms with Crippen LogP contribution in [0.1, 0.15) is 15.9 Å². The molecule has 1 heterocycles. The first-order valence-corrected chi connectivity index (χ1v) is 6.41. The number of amides is 1. The molecule has 1 aliphatic heterocycles. The highest BCUT2D eigenvalue weighted by atomic mass is 32.2. The zero-order valence-corrected chi connectivity index (χ0v) is 9.40. The zero-order valence-electron chi connectivity index (χ0n) is 8.59. The molecule has 0 spiro atoms. The van der Waals surface area contributed by atoms with Gasteiger partial charge in [0.25, 0.3) is 5.91 Å². The standard InChI is InChI=1S/C11H11NO3S/c1-2-7-12-11(13)10-6-4-3-5-9(10)8-16(12,14)15/h2-6H,1,7-8H2. The van der Waals surface area contributed by atoms with E-state index >= 15 is 0 Å². The van der Waals surface area contributed by atoms with Gasteiger partial charge >= 0.3 is 0 Å². The highest BCUT2D eigenvalue weighted by molar-refractivity contribution is 7.89. The fraction of sp³-hybridized carbons (Fsp3) is 0.182. The molecule has 0 N–H and O–H groups in total. The molecule has 0 fully saturated rings. The van der Waals surface area contributed by atoms with Gasteiger partial charge in [0.2, 0.25) is 10.0 Å². The summed E-state index contributed by atoms with van der Waals surface area (Å²) in [6.07, 6.45) is 1.41. The topological polar surface area (TPSA) is 54.5 Å². The fourth-order valence-corrected chi connectivity index (χ4v) is 3.19. The van der Waals surface area contributed by atoms with Crippen molar-refractivity contribution in [1.82, 2.24) is 4.31 Å². The number of carbonyl (C=O) groups is 1. The Labute approximate surface area is 94.2 Å². The third kappa shape index (κ3) is 1.63. The molecule has 0 aliphatic carbocycles. The van der Waals surface area contributed by atoms with Crippen molar-refractivity contribution in [2.45, 2.75) is 5.75 Å². The Balaban J connectivity index is 2.56. The molecule has 2 rings (SSSR count). The van der Waals surface area contributed by atoms with Gasteiger partial charge in [0.1, 0.15) is 0 Å². The first kappa shape index (κ1) is 10.9. The smallest absolute Gasteiger partial charge is 0.267 e. The molecule has 0 atom stereocenters. The Hall–Kier alpha value is -1.62. The summed E-state index contributed by atoms with van der Waals surface area (Å²) in [4.78, 5) is 11.9. The molecule has 1 aromatic rings. The van der Waals surface area contributed by atoms with Gasteiger partial charge in [-0.3, -0.25) is 4.79 Å². The third-order valence-corrected chi connectivity index (χ3v) is 4.11. The average molecular weight is 237 g/mol. The van der Waals surface area contributed by atoms with Crippen molar-refractivity contribution in [1.29, 1.82) is 0 Å². The van der Waals surface area contributed by atoms with E-state index in [1.54, 1.807) is 24.3 Å². The minimum absolute atomic E-state index is 0.0233. The lowest BCUT2D eigenvalue weighted by atomic mass is 10.1. The van der Waals surface area contributed by atoms with Gasteiger partial charge in [-0.15, -0.1) is 6.58 Å². The molecule has 0 radical (unpaired) electrons. The molecule has 5 heteroatoms. The summed E-state index contributed by atoms with van der Waals surface area (Å²) in [5.74, 6) is -0.593. The zero-order chi connectivity index (χ0) is 11.8. The van der Waals surface area contributed by atoms with Crippen molar-refractivity contribution < 1.29 is 13.2 Å². The number of carbonyl (C=O) groups excluding carboxylic acids is 1. The summed E-state index contributed by atoms with van der Waals surface area (Å²) < 4.78 is 24.5. The van der Waals surface area contributed by atoms with Crippen LogP contribution in [0.3, 0.4) is 0 Å². The van der Waals surface area contributed by atoms with E-state index in [-0.39, 0.29) is 12.3 Å². The summed E-state index contributed by atoms with van der Waals surface area (Å²) in [6, 6.07) is 6.75. The summed E-state index contributed by atoms with van der Waals surface area (Å²) in [7, 11) is -3.54. The molecule has 1 aliphatic rings. The maximum atomic E-state index is 11.9. The van der Waals surface area contributed by atoms with E-state index in [0.29, 0.717) is 11.1 Å². The van der Waals surface area contributed by atoms with E-state index in [1.165, 1.54) is 6.08 Å². The van der Waals surface area contributed by atoms with Crippen molar-refractivity contribution in [3.8, 4) is 0 Å². The second-order valence-electron chi connectivity index (χ2n) is 3.54. The Bertz CT molecular complexity index is 548. The molecule has 1 aromatic carbocycles. The SMILES string of the molecule is C=CCN1C(=O)c2ccccc2CS1(=O)=O. The number of fused-ring (bicyclic) bond motifs is 1. The van der Waals surface area contributed by atoms with Crippen LogP contribution in [0.2, 0.25) is 0 Å². The van der Waals surface area contributed by atoms with Crippen LogP contribution in [0.4, 0.5) is 0 Å². The highest BCUT2D eigenvalue weighted by Crippen LogP contribution is 2.24. The van der Waals surface area contributed by atoms with Crippen LogP contribution >= 0.6 is 0 Å². The Morgan fingerprint density at radius 3 is 2.75 bits per heavy atom. The molecule has 16 heavy (non-hydrogen) atoms. The number of hydrogen-bond donors (Lipinski definition) is 0. The van der Waals surface area contributed by atoms with Crippen molar-refractivity contribution in [2.75, 3.05) is 6.54 Å². The van der Waals surface area contributed by atoms with Crippen LogP contribution < -0.4 is 0 Å². The quantitative estimate of drug-likeness (QED) is 0.725. The molecule has 0 saturated heterocycles. The molecule has 0 aromatic heterocycles. The van der Waals surface area contributed by atoms with Gasteiger partial charge in [0.15, 0.2) is 0 Å². The molecule has 0 saturated carbocycles. The van der Waals surface area contributed by atoms with E-state index in [1.807, 2.05) is 0 Å². The number of hydrogen-bond acceptors (Lipinski definition) is 3. The first-order chi connectivity index (χ1) is 7.56. The molecule has 4 nitrogen and oxygen atoms in total. The first-order valence-electron chi connectivity index (χ1n) is 4.80. The van der Waals surface area contributed by atoms with Crippen LogP contribution in [-0.4, -0.2) is 25.2 Å². The Kier molecular flexibility index (Phi) is 2.55. The van der Waals surface area contributed by atoms with Crippen molar-refractivity contribution in [2.24, 2.45) is 0 Å². The minimum atomic E-state index is -3.54. The number of rotatable bonds is 2. The second kappa shape index (κ2) is 3.75. The van der Waals surface area contributed by atoms with Crippen LogP contribution in [0.15, 0.2) is 36.9 Å². The lowest BCUT2D eigenvalue weighted by Crippen LogP contribution is -2.41. The van der Waals surface area contributed by atoms with E-state index in [9.17, 15) is 13.2 Å².